The molecule has 1 fully saturated rings. The summed E-state index contributed by atoms with van der Waals surface area (Å²) in [6.45, 7) is 6.15. The van der Waals surface area contributed by atoms with Gasteiger partial charge in [0, 0.05) is 43.6 Å². The summed E-state index contributed by atoms with van der Waals surface area (Å²) in [5, 5.41) is 11.9. The van der Waals surface area contributed by atoms with E-state index in [4.69, 9.17) is 0 Å². The van der Waals surface area contributed by atoms with Gasteiger partial charge < -0.3 is 14.8 Å². The van der Waals surface area contributed by atoms with E-state index in [0.717, 1.165) is 48.8 Å². The first-order valence-electron chi connectivity index (χ1n) is 9.85. The molecule has 0 spiro atoms. The van der Waals surface area contributed by atoms with Gasteiger partial charge in [0.2, 0.25) is 0 Å². The molecule has 2 aromatic heterocycles. The molecule has 28 heavy (non-hydrogen) atoms. The Kier molecular flexibility index (Phi) is 5.34. The van der Waals surface area contributed by atoms with E-state index in [2.05, 4.69) is 61.6 Å². The van der Waals surface area contributed by atoms with Crippen LogP contribution in [0.4, 0.5) is 5.69 Å². The molecule has 0 unspecified atom stereocenters. The summed E-state index contributed by atoms with van der Waals surface area (Å²) >= 11 is 0. The third-order valence-electron chi connectivity index (χ3n) is 5.40. The number of benzene rings is 1. The number of aryl methyl sites for hydroxylation is 2. The Labute approximate surface area is 165 Å². The van der Waals surface area contributed by atoms with Crippen LogP contribution >= 0.6 is 0 Å². The number of aromatic nitrogens is 5. The summed E-state index contributed by atoms with van der Waals surface area (Å²) in [5.41, 5.74) is 3.37. The van der Waals surface area contributed by atoms with E-state index in [1.807, 2.05) is 30.8 Å². The Morgan fingerprint density at radius 3 is 2.71 bits per heavy atom. The molecule has 1 saturated heterocycles. The minimum atomic E-state index is 0.202. The van der Waals surface area contributed by atoms with Crippen LogP contribution in [-0.2, 0) is 7.05 Å². The lowest BCUT2D eigenvalue weighted by molar-refractivity contribution is 0.370. The van der Waals surface area contributed by atoms with Crippen LogP contribution in [0.1, 0.15) is 37.5 Å². The number of nitrogens with one attached hydrogen (secondary N) is 1. The fourth-order valence-electron chi connectivity index (χ4n) is 3.90. The Morgan fingerprint density at radius 1 is 1.18 bits per heavy atom. The Bertz CT molecular complexity index is 928. The van der Waals surface area contributed by atoms with Crippen molar-refractivity contribution in [2.24, 2.45) is 7.05 Å². The first-order chi connectivity index (χ1) is 13.6. The molecule has 1 N–H and O–H groups in total. The summed E-state index contributed by atoms with van der Waals surface area (Å²) in [6, 6.07) is 11.3. The third-order valence-corrected chi connectivity index (χ3v) is 5.40. The van der Waals surface area contributed by atoms with Gasteiger partial charge in [-0.25, -0.2) is 9.97 Å². The highest BCUT2D eigenvalue weighted by Gasteiger charge is 2.22. The largest absolute Gasteiger partial charge is 0.371 e. The van der Waals surface area contributed by atoms with Crippen LogP contribution in [0.3, 0.4) is 0 Å². The average molecular weight is 377 g/mol. The van der Waals surface area contributed by atoms with Crippen LogP contribution in [0.25, 0.3) is 11.3 Å². The average Bonchev–Trinajstić information content (AvgIpc) is 3.15. The molecule has 1 aliphatic rings. The van der Waals surface area contributed by atoms with Gasteiger partial charge in [0.25, 0.3) is 0 Å². The second-order valence-corrected chi connectivity index (χ2v) is 7.49. The number of anilines is 1. The topological polar surface area (TPSA) is 71.8 Å². The lowest BCUT2D eigenvalue weighted by Crippen LogP contribution is -2.43. The molecule has 3 aromatic rings. The van der Waals surface area contributed by atoms with Crippen molar-refractivity contribution in [3.05, 3.63) is 54.5 Å². The molecular formula is C21H27N7. The fraction of sp³-hybridized carbons (Fsp3) is 0.429. The van der Waals surface area contributed by atoms with Crippen molar-refractivity contribution in [2.45, 2.75) is 38.8 Å². The molecule has 0 bridgehead atoms. The van der Waals surface area contributed by atoms with Gasteiger partial charge in [0.1, 0.15) is 18.0 Å². The van der Waals surface area contributed by atoms with Gasteiger partial charge in [-0.05, 0) is 44.9 Å². The van der Waals surface area contributed by atoms with Gasteiger partial charge in [0.15, 0.2) is 0 Å². The number of piperidine rings is 1. The molecule has 0 saturated carbocycles. The first kappa shape index (κ1) is 18.6. The van der Waals surface area contributed by atoms with Crippen molar-refractivity contribution in [1.29, 1.82) is 0 Å². The number of rotatable bonds is 5. The van der Waals surface area contributed by atoms with Crippen LogP contribution in [-0.4, -0.2) is 43.9 Å². The molecule has 1 aliphatic heterocycles. The maximum absolute atomic E-state index is 4.55. The maximum atomic E-state index is 4.55. The summed E-state index contributed by atoms with van der Waals surface area (Å²) in [4.78, 5) is 11.2. The zero-order chi connectivity index (χ0) is 19.5. The van der Waals surface area contributed by atoms with Crippen molar-refractivity contribution in [3.8, 4) is 11.3 Å². The molecule has 7 nitrogen and oxygen atoms in total. The molecule has 4 rings (SSSR count). The number of nitrogens with zero attached hydrogens (tertiary/aromatic N) is 6. The highest BCUT2D eigenvalue weighted by Crippen LogP contribution is 2.26. The van der Waals surface area contributed by atoms with Crippen molar-refractivity contribution in [2.75, 3.05) is 18.0 Å². The molecular weight excluding hydrogens is 350 g/mol. The standard InChI is InChI=1S/C21H27N7/c1-15(21-26-23-14-27(21)3)24-18-8-11-28(12-9-18)19-6-4-5-17(13-19)20-7-10-22-16(2)25-20/h4-7,10,13-15,18,24H,8-9,11-12H2,1-3H3/t15-/m0/s1. The normalized spacial score (nSPS) is 16.3. The van der Waals surface area contributed by atoms with Crippen LogP contribution < -0.4 is 10.2 Å². The molecule has 146 valence electrons. The molecule has 0 radical (unpaired) electrons. The number of hydrogen-bond acceptors (Lipinski definition) is 6. The van der Waals surface area contributed by atoms with E-state index in [1.54, 1.807) is 6.33 Å². The Hall–Kier alpha value is -2.80. The van der Waals surface area contributed by atoms with Gasteiger partial charge in [-0.1, -0.05) is 12.1 Å². The van der Waals surface area contributed by atoms with Gasteiger partial charge in [-0.15, -0.1) is 10.2 Å². The highest BCUT2D eigenvalue weighted by molar-refractivity contribution is 5.65. The zero-order valence-corrected chi connectivity index (χ0v) is 16.7. The Balaban J connectivity index is 1.39. The van der Waals surface area contributed by atoms with Crippen LogP contribution in [0, 0.1) is 6.92 Å². The van der Waals surface area contributed by atoms with Crippen molar-refractivity contribution >= 4 is 5.69 Å². The molecule has 0 amide bonds. The van der Waals surface area contributed by atoms with E-state index < -0.39 is 0 Å². The minimum absolute atomic E-state index is 0.202. The monoisotopic (exact) mass is 377 g/mol. The molecule has 0 aliphatic carbocycles. The second-order valence-electron chi connectivity index (χ2n) is 7.49. The van der Waals surface area contributed by atoms with Gasteiger partial charge >= 0.3 is 0 Å². The van der Waals surface area contributed by atoms with E-state index in [9.17, 15) is 0 Å². The summed E-state index contributed by atoms with van der Waals surface area (Å²) in [7, 11) is 1.99. The molecule has 1 atom stereocenters. The van der Waals surface area contributed by atoms with Crippen LogP contribution in [0.2, 0.25) is 0 Å². The second kappa shape index (κ2) is 8.06. The molecule has 1 aromatic carbocycles. The maximum Gasteiger partial charge on any atom is 0.149 e. The van der Waals surface area contributed by atoms with Crippen molar-refractivity contribution in [3.63, 3.8) is 0 Å². The molecule has 7 heteroatoms. The fourth-order valence-corrected chi connectivity index (χ4v) is 3.90. The Morgan fingerprint density at radius 2 is 2.00 bits per heavy atom. The van der Waals surface area contributed by atoms with E-state index in [-0.39, 0.29) is 6.04 Å². The summed E-state index contributed by atoms with van der Waals surface area (Å²) < 4.78 is 1.98. The molecule has 3 heterocycles. The van der Waals surface area contributed by atoms with E-state index >= 15 is 0 Å². The van der Waals surface area contributed by atoms with Gasteiger partial charge in [0.05, 0.1) is 11.7 Å². The quantitative estimate of drug-likeness (QED) is 0.737. The van der Waals surface area contributed by atoms with Gasteiger partial charge in [-0.2, -0.15) is 0 Å². The lowest BCUT2D eigenvalue weighted by atomic mass is 10.0. The van der Waals surface area contributed by atoms with Crippen LogP contribution in [0.15, 0.2) is 42.9 Å². The summed E-state index contributed by atoms with van der Waals surface area (Å²) in [6.07, 6.45) is 5.79. The number of hydrogen-bond donors (Lipinski definition) is 1. The predicted molar refractivity (Wildman–Crippen MR) is 110 cm³/mol. The first-order valence-corrected chi connectivity index (χ1v) is 9.85. The predicted octanol–water partition coefficient (Wildman–Crippen LogP) is 2.90. The van der Waals surface area contributed by atoms with E-state index in [1.165, 1.54) is 5.69 Å². The lowest BCUT2D eigenvalue weighted by Gasteiger charge is -2.35. The van der Waals surface area contributed by atoms with Gasteiger partial charge in [-0.3, -0.25) is 0 Å². The van der Waals surface area contributed by atoms with E-state index in [0.29, 0.717) is 6.04 Å². The summed E-state index contributed by atoms with van der Waals surface area (Å²) in [5.74, 6) is 1.78. The SMILES string of the molecule is Cc1nccc(-c2cccc(N3CCC(N[C@@H](C)c4nncn4C)CC3)c2)n1. The zero-order valence-electron chi connectivity index (χ0n) is 16.7. The minimum Gasteiger partial charge on any atom is -0.371 e. The highest BCUT2D eigenvalue weighted by atomic mass is 15.3. The van der Waals surface area contributed by atoms with Crippen molar-refractivity contribution < 1.29 is 0 Å². The van der Waals surface area contributed by atoms with Crippen LogP contribution in [0.5, 0.6) is 0 Å². The van der Waals surface area contributed by atoms with Crippen molar-refractivity contribution in [1.82, 2.24) is 30.0 Å². The smallest absolute Gasteiger partial charge is 0.149 e. The third kappa shape index (κ3) is 4.04.